The monoisotopic (exact) mass is 538 g/mol. The molecule has 2 saturated heterocycles. The number of likely N-dealkylation sites (tertiary alicyclic amines) is 1. The molecular weight excluding hydrogens is 500 g/mol. The molecule has 2 aliphatic heterocycles. The molecule has 0 atom stereocenters. The topological polar surface area (TPSA) is 77.6 Å². The van der Waals surface area contributed by atoms with Gasteiger partial charge in [-0.15, -0.1) is 10.2 Å². The van der Waals surface area contributed by atoms with E-state index in [1.54, 1.807) is 7.11 Å². The summed E-state index contributed by atoms with van der Waals surface area (Å²) >= 11 is 0. The fraction of sp³-hybridized carbons (Fsp3) is 0.406. The predicted octanol–water partition coefficient (Wildman–Crippen LogP) is 4.91. The Morgan fingerprint density at radius 2 is 1.57 bits per heavy atom. The van der Waals surface area contributed by atoms with Crippen molar-refractivity contribution < 1.29 is 9.53 Å². The number of piperazine rings is 1. The molecule has 8 nitrogen and oxygen atoms in total. The summed E-state index contributed by atoms with van der Waals surface area (Å²) in [6, 6.07) is 14.5. The van der Waals surface area contributed by atoms with Gasteiger partial charge in [-0.1, -0.05) is 12.1 Å². The molecule has 0 radical (unpaired) electrons. The molecule has 4 aromatic rings. The van der Waals surface area contributed by atoms with Crippen LogP contribution in [0.25, 0.3) is 33.4 Å². The number of anilines is 1. The van der Waals surface area contributed by atoms with Crippen LogP contribution in [0.3, 0.4) is 0 Å². The number of hydrogen-bond donors (Lipinski definition) is 1. The van der Waals surface area contributed by atoms with Crippen LogP contribution >= 0.6 is 0 Å². The maximum Gasteiger partial charge on any atom is 0.253 e. The summed E-state index contributed by atoms with van der Waals surface area (Å²) in [6.45, 7) is 10.1. The average Bonchev–Trinajstić information content (AvgIpc) is 3.41. The Bertz CT molecular complexity index is 1490. The van der Waals surface area contributed by atoms with E-state index in [0.29, 0.717) is 5.56 Å². The Balaban J connectivity index is 1.25. The molecule has 2 aromatic heterocycles. The smallest absolute Gasteiger partial charge is 0.253 e. The fourth-order valence-electron chi connectivity index (χ4n) is 6.20. The zero-order chi connectivity index (χ0) is 27.8. The normalized spacial score (nSPS) is 17.1. The highest BCUT2D eigenvalue weighted by Gasteiger charge is 2.24. The first-order valence-corrected chi connectivity index (χ1v) is 14.2. The molecule has 0 spiro atoms. The molecule has 2 fully saturated rings. The van der Waals surface area contributed by atoms with E-state index >= 15 is 0 Å². The predicted molar refractivity (Wildman–Crippen MR) is 160 cm³/mol. The van der Waals surface area contributed by atoms with Crippen LogP contribution in [0.1, 0.15) is 34.3 Å². The molecule has 0 aliphatic carbocycles. The van der Waals surface area contributed by atoms with E-state index in [2.05, 4.69) is 64.1 Å². The third kappa shape index (κ3) is 5.09. The molecule has 2 aliphatic rings. The molecule has 4 heterocycles. The number of H-pyrrole nitrogens is 1. The van der Waals surface area contributed by atoms with Crippen molar-refractivity contribution in [3.8, 4) is 22.4 Å². The van der Waals surface area contributed by atoms with Crippen LogP contribution in [0.5, 0.6) is 0 Å². The number of amides is 1. The molecule has 2 aromatic carbocycles. The molecule has 0 bridgehead atoms. The largest absolute Gasteiger partial charge is 0.381 e. The van der Waals surface area contributed by atoms with Crippen LogP contribution in [-0.4, -0.2) is 90.4 Å². The number of carbonyl (C=O) groups is 1. The van der Waals surface area contributed by atoms with Crippen LogP contribution < -0.4 is 4.90 Å². The standard InChI is InChI=1S/C32H38N6O2/c1-21-17-25(18-22(2)30(21)37-15-13-36(3)14-16-37)29-19-27-28(20-33-31(27)35-34-29)23-5-7-24(8-6-23)32(39)38-11-9-26(40-4)10-12-38/h5-8,17-20,26H,9-16H2,1-4H3,(H,33,35). The summed E-state index contributed by atoms with van der Waals surface area (Å²) in [5.74, 6) is 0.0824. The van der Waals surface area contributed by atoms with E-state index in [4.69, 9.17) is 4.74 Å². The van der Waals surface area contributed by atoms with Crippen molar-refractivity contribution in [1.29, 1.82) is 0 Å². The molecule has 8 heteroatoms. The number of likely N-dealkylation sites (N-methyl/N-ethyl adjacent to an activating group) is 1. The number of piperidine rings is 1. The zero-order valence-corrected chi connectivity index (χ0v) is 23.9. The number of benzene rings is 2. The minimum Gasteiger partial charge on any atom is -0.381 e. The summed E-state index contributed by atoms with van der Waals surface area (Å²) < 4.78 is 5.44. The Morgan fingerprint density at radius 3 is 2.23 bits per heavy atom. The maximum absolute atomic E-state index is 13.1. The van der Waals surface area contributed by atoms with E-state index < -0.39 is 0 Å². The van der Waals surface area contributed by atoms with Gasteiger partial charge in [0, 0.05) is 80.3 Å². The number of fused-ring (bicyclic) bond motifs is 1. The summed E-state index contributed by atoms with van der Waals surface area (Å²) in [4.78, 5) is 23.1. The first kappa shape index (κ1) is 26.5. The quantitative estimate of drug-likeness (QED) is 0.389. The van der Waals surface area contributed by atoms with Gasteiger partial charge in [0.2, 0.25) is 0 Å². The number of hydrogen-bond acceptors (Lipinski definition) is 6. The van der Waals surface area contributed by atoms with Gasteiger partial charge in [-0.25, -0.2) is 0 Å². The molecule has 6 rings (SSSR count). The minimum atomic E-state index is 0.0824. The second kappa shape index (κ2) is 11.0. The first-order valence-electron chi connectivity index (χ1n) is 14.2. The zero-order valence-electron chi connectivity index (χ0n) is 23.9. The van der Waals surface area contributed by atoms with Crippen molar-refractivity contribution in [3.63, 3.8) is 0 Å². The lowest BCUT2D eigenvalue weighted by Gasteiger charge is -2.36. The molecule has 208 valence electrons. The van der Waals surface area contributed by atoms with Gasteiger partial charge in [-0.2, -0.15) is 0 Å². The Labute approximate surface area is 235 Å². The number of aromatic amines is 1. The van der Waals surface area contributed by atoms with E-state index in [1.165, 1.54) is 16.8 Å². The second-order valence-electron chi connectivity index (χ2n) is 11.2. The SMILES string of the molecule is COC1CCN(C(=O)c2ccc(-c3c[nH]c4nnc(-c5cc(C)c(N6CCN(C)CC6)c(C)c5)cc34)cc2)CC1. The fourth-order valence-corrected chi connectivity index (χ4v) is 6.20. The van der Waals surface area contributed by atoms with Crippen molar-refractivity contribution in [2.24, 2.45) is 0 Å². The summed E-state index contributed by atoms with van der Waals surface area (Å²) in [6.07, 6.45) is 4.00. The summed E-state index contributed by atoms with van der Waals surface area (Å²) in [5.41, 5.74) is 9.36. The number of nitrogens with one attached hydrogen (secondary N) is 1. The van der Waals surface area contributed by atoms with E-state index in [0.717, 1.165) is 85.5 Å². The summed E-state index contributed by atoms with van der Waals surface area (Å²) in [7, 11) is 3.93. The van der Waals surface area contributed by atoms with Gasteiger partial charge in [0.1, 0.15) is 0 Å². The van der Waals surface area contributed by atoms with Crippen LogP contribution in [-0.2, 0) is 4.74 Å². The Hall–Kier alpha value is -3.75. The van der Waals surface area contributed by atoms with Crippen LogP contribution in [0.4, 0.5) is 5.69 Å². The van der Waals surface area contributed by atoms with E-state index in [9.17, 15) is 4.79 Å². The van der Waals surface area contributed by atoms with Gasteiger partial charge >= 0.3 is 0 Å². The molecule has 1 N–H and O–H groups in total. The van der Waals surface area contributed by atoms with Crippen LogP contribution in [0, 0.1) is 13.8 Å². The third-order valence-corrected chi connectivity index (χ3v) is 8.55. The third-order valence-electron chi connectivity index (χ3n) is 8.55. The van der Waals surface area contributed by atoms with Crippen molar-refractivity contribution in [3.05, 3.63) is 65.4 Å². The number of aryl methyl sites for hydroxylation is 2. The lowest BCUT2D eigenvalue weighted by Crippen LogP contribution is -2.45. The highest BCUT2D eigenvalue weighted by atomic mass is 16.5. The Kier molecular flexibility index (Phi) is 7.29. The second-order valence-corrected chi connectivity index (χ2v) is 11.2. The van der Waals surface area contributed by atoms with Crippen molar-refractivity contribution in [2.75, 3.05) is 58.3 Å². The van der Waals surface area contributed by atoms with Crippen molar-refractivity contribution in [1.82, 2.24) is 25.0 Å². The lowest BCUT2D eigenvalue weighted by molar-refractivity contribution is 0.0351. The maximum atomic E-state index is 13.1. The Morgan fingerprint density at radius 1 is 0.900 bits per heavy atom. The number of carbonyl (C=O) groups excluding carboxylic acids is 1. The number of nitrogens with zero attached hydrogens (tertiary/aromatic N) is 5. The number of aromatic nitrogens is 3. The number of methoxy groups -OCH3 is 1. The highest BCUT2D eigenvalue weighted by molar-refractivity contribution is 5.97. The van der Waals surface area contributed by atoms with Gasteiger partial charge in [0.05, 0.1) is 11.8 Å². The number of rotatable bonds is 5. The van der Waals surface area contributed by atoms with Gasteiger partial charge in [0.25, 0.3) is 5.91 Å². The molecule has 1 amide bonds. The molecule has 40 heavy (non-hydrogen) atoms. The summed E-state index contributed by atoms with van der Waals surface area (Å²) in [5, 5.41) is 10.1. The van der Waals surface area contributed by atoms with Gasteiger partial charge in [0.15, 0.2) is 5.65 Å². The van der Waals surface area contributed by atoms with E-state index in [1.807, 2.05) is 35.4 Å². The average molecular weight is 539 g/mol. The van der Waals surface area contributed by atoms with Gasteiger partial charge in [-0.3, -0.25) is 4.79 Å². The van der Waals surface area contributed by atoms with Crippen molar-refractivity contribution >= 4 is 22.6 Å². The van der Waals surface area contributed by atoms with E-state index in [-0.39, 0.29) is 12.0 Å². The molecular formula is C32H38N6O2. The number of ether oxygens (including phenoxy) is 1. The van der Waals surface area contributed by atoms with Crippen molar-refractivity contribution in [2.45, 2.75) is 32.8 Å². The first-order chi connectivity index (χ1) is 19.4. The van der Waals surface area contributed by atoms with Gasteiger partial charge < -0.3 is 24.4 Å². The lowest BCUT2D eigenvalue weighted by atomic mass is 9.99. The highest BCUT2D eigenvalue weighted by Crippen LogP contribution is 2.34. The van der Waals surface area contributed by atoms with Crippen LogP contribution in [0.15, 0.2) is 48.7 Å². The minimum absolute atomic E-state index is 0.0824. The van der Waals surface area contributed by atoms with Crippen LogP contribution in [0.2, 0.25) is 0 Å². The van der Waals surface area contributed by atoms with Gasteiger partial charge in [-0.05, 0) is 80.8 Å². The molecule has 0 saturated carbocycles. The molecule has 0 unspecified atom stereocenters.